The Labute approximate surface area is 108 Å². The molecule has 0 bridgehead atoms. The molecule has 1 N–H and O–H groups in total. The molecule has 102 valence electrons. The van der Waals surface area contributed by atoms with Crippen LogP contribution in [0.15, 0.2) is 0 Å². The zero-order chi connectivity index (χ0) is 13.1. The summed E-state index contributed by atoms with van der Waals surface area (Å²) in [4.78, 5) is 0. The van der Waals surface area contributed by atoms with Gasteiger partial charge in [0.05, 0.1) is 5.60 Å². The van der Waals surface area contributed by atoms with Crippen LogP contribution in [0.2, 0.25) is 0 Å². The predicted molar refractivity (Wildman–Crippen MR) is 74.3 cm³/mol. The summed E-state index contributed by atoms with van der Waals surface area (Å²) in [6.45, 7) is 11.4. The van der Waals surface area contributed by atoms with Gasteiger partial charge in [-0.15, -0.1) is 0 Å². The van der Waals surface area contributed by atoms with Gasteiger partial charge >= 0.3 is 0 Å². The van der Waals surface area contributed by atoms with Gasteiger partial charge in [0.15, 0.2) is 0 Å². The summed E-state index contributed by atoms with van der Waals surface area (Å²) in [6, 6.07) is 1.25. The fraction of sp³-hybridized carbons (Fsp3) is 1.00. The van der Waals surface area contributed by atoms with Gasteiger partial charge in [-0.05, 0) is 58.3 Å². The second kappa shape index (κ2) is 6.19. The summed E-state index contributed by atoms with van der Waals surface area (Å²) < 4.78 is 5.50. The quantitative estimate of drug-likeness (QED) is 0.794. The number of hydrogen-bond donors (Lipinski definition) is 1. The van der Waals surface area contributed by atoms with Crippen molar-refractivity contribution in [3.05, 3.63) is 0 Å². The SMILES string of the molecule is COC(C)(C)CC(C)NC1CCC(C)C(C)C1. The molecule has 0 aliphatic heterocycles. The minimum absolute atomic E-state index is 0.0139. The lowest BCUT2D eigenvalue weighted by Gasteiger charge is -2.36. The minimum Gasteiger partial charge on any atom is -0.379 e. The van der Waals surface area contributed by atoms with Gasteiger partial charge in [0, 0.05) is 19.2 Å². The van der Waals surface area contributed by atoms with Gasteiger partial charge in [-0.2, -0.15) is 0 Å². The third kappa shape index (κ3) is 4.97. The van der Waals surface area contributed by atoms with Gasteiger partial charge in [-0.1, -0.05) is 13.8 Å². The van der Waals surface area contributed by atoms with E-state index in [9.17, 15) is 0 Å². The third-order valence-electron chi connectivity index (χ3n) is 4.47. The summed E-state index contributed by atoms with van der Waals surface area (Å²) in [5.41, 5.74) is -0.0139. The highest BCUT2D eigenvalue weighted by molar-refractivity contribution is 4.83. The zero-order valence-electron chi connectivity index (χ0n) is 12.5. The highest BCUT2D eigenvalue weighted by Crippen LogP contribution is 2.30. The molecular weight excluding hydrogens is 210 g/mol. The first kappa shape index (κ1) is 15.0. The van der Waals surface area contributed by atoms with Crippen LogP contribution >= 0.6 is 0 Å². The molecule has 0 aromatic heterocycles. The highest BCUT2D eigenvalue weighted by Gasteiger charge is 2.27. The number of ether oxygens (including phenoxy) is 1. The molecule has 1 fully saturated rings. The molecule has 0 aromatic rings. The molecule has 4 atom stereocenters. The van der Waals surface area contributed by atoms with Gasteiger partial charge in [0.2, 0.25) is 0 Å². The first-order valence-corrected chi connectivity index (χ1v) is 7.15. The monoisotopic (exact) mass is 241 g/mol. The van der Waals surface area contributed by atoms with Crippen molar-refractivity contribution in [3.63, 3.8) is 0 Å². The molecule has 1 aliphatic rings. The maximum absolute atomic E-state index is 5.50. The fourth-order valence-electron chi connectivity index (χ4n) is 2.98. The average molecular weight is 241 g/mol. The predicted octanol–water partition coefficient (Wildman–Crippen LogP) is 3.60. The minimum atomic E-state index is -0.0139. The number of hydrogen-bond acceptors (Lipinski definition) is 2. The van der Waals surface area contributed by atoms with Crippen LogP contribution < -0.4 is 5.32 Å². The van der Waals surface area contributed by atoms with Crippen LogP contribution in [-0.4, -0.2) is 24.8 Å². The van der Waals surface area contributed by atoms with E-state index in [2.05, 4.69) is 39.9 Å². The molecule has 2 heteroatoms. The summed E-state index contributed by atoms with van der Waals surface area (Å²) in [5.74, 6) is 1.77. The van der Waals surface area contributed by atoms with Crippen LogP contribution in [-0.2, 0) is 4.74 Å². The molecule has 0 aromatic carbocycles. The van der Waals surface area contributed by atoms with Crippen LogP contribution in [0.5, 0.6) is 0 Å². The lowest BCUT2D eigenvalue weighted by Crippen LogP contribution is -2.44. The molecule has 1 rings (SSSR count). The standard InChI is InChI=1S/C15H31NO/c1-11-7-8-14(9-12(11)2)16-13(3)10-15(4,5)17-6/h11-14,16H,7-10H2,1-6H3. The van der Waals surface area contributed by atoms with E-state index in [0.717, 1.165) is 18.3 Å². The van der Waals surface area contributed by atoms with Crippen molar-refractivity contribution in [2.45, 2.75) is 78.0 Å². The number of methoxy groups -OCH3 is 1. The van der Waals surface area contributed by atoms with Crippen molar-refractivity contribution in [1.29, 1.82) is 0 Å². The van der Waals surface area contributed by atoms with Crippen molar-refractivity contribution >= 4 is 0 Å². The third-order valence-corrected chi connectivity index (χ3v) is 4.47. The van der Waals surface area contributed by atoms with Gasteiger partial charge in [0.25, 0.3) is 0 Å². The summed E-state index contributed by atoms with van der Waals surface area (Å²) in [7, 11) is 1.80. The Bertz CT molecular complexity index is 227. The largest absolute Gasteiger partial charge is 0.379 e. The fourth-order valence-corrected chi connectivity index (χ4v) is 2.98. The second-order valence-corrected chi connectivity index (χ2v) is 6.70. The van der Waals surface area contributed by atoms with E-state index in [1.807, 2.05) is 0 Å². The smallest absolute Gasteiger partial charge is 0.0637 e. The maximum Gasteiger partial charge on any atom is 0.0637 e. The normalized spacial score (nSPS) is 32.5. The van der Waals surface area contributed by atoms with Crippen LogP contribution in [0, 0.1) is 11.8 Å². The number of rotatable bonds is 5. The van der Waals surface area contributed by atoms with Crippen molar-refractivity contribution in [2.75, 3.05) is 7.11 Å². The lowest BCUT2D eigenvalue weighted by atomic mass is 9.79. The molecule has 4 unspecified atom stereocenters. The van der Waals surface area contributed by atoms with Gasteiger partial charge < -0.3 is 10.1 Å². The van der Waals surface area contributed by atoms with E-state index >= 15 is 0 Å². The molecule has 0 spiro atoms. The second-order valence-electron chi connectivity index (χ2n) is 6.70. The topological polar surface area (TPSA) is 21.3 Å². The van der Waals surface area contributed by atoms with Crippen molar-refractivity contribution < 1.29 is 4.74 Å². The highest BCUT2D eigenvalue weighted by atomic mass is 16.5. The van der Waals surface area contributed by atoms with Crippen LogP contribution in [0.1, 0.15) is 60.3 Å². The Morgan fingerprint density at radius 2 is 1.88 bits per heavy atom. The Morgan fingerprint density at radius 1 is 1.24 bits per heavy atom. The maximum atomic E-state index is 5.50. The van der Waals surface area contributed by atoms with E-state index < -0.39 is 0 Å². The van der Waals surface area contributed by atoms with Crippen LogP contribution in [0.25, 0.3) is 0 Å². The molecule has 0 radical (unpaired) electrons. The van der Waals surface area contributed by atoms with E-state index in [1.165, 1.54) is 19.3 Å². The Hall–Kier alpha value is -0.0800. The van der Waals surface area contributed by atoms with Crippen molar-refractivity contribution in [1.82, 2.24) is 5.32 Å². The first-order valence-electron chi connectivity index (χ1n) is 7.15. The molecule has 0 heterocycles. The van der Waals surface area contributed by atoms with Crippen LogP contribution in [0.3, 0.4) is 0 Å². The van der Waals surface area contributed by atoms with E-state index in [0.29, 0.717) is 12.1 Å². The van der Waals surface area contributed by atoms with E-state index in [1.54, 1.807) is 7.11 Å². The molecule has 2 nitrogen and oxygen atoms in total. The molecule has 0 saturated heterocycles. The molecule has 1 saturated carbocycles. The molecule has 0 amide bonds. The Kier molecular flexibility index (Phi) is 5.46. The van der Waals surface area contributed by atoms with Gasteiger partial charge in [-0.3, -0.25) is 0 Å². The summed E-state index contributed by atoms with van der Waals surface area (Å²) in [5, 5.41) is 3.78. The molecule has 17 heavy (non-hydrogen) atoms. The summed E-state index contributed by atoms with van der Waals surface area (Å²) in [6.07, 6.45) is 5.12. The first-order chi connectivity index (χ1) is 7.84. The van der Waals surface area contributed by atoms with Gasteiger partial charge in [-0.25, -0.2) is 0 Å². The van der Waals surface area contributed by atoms with E-state index in [-0.39, 0.29) is 5.60 Å². The Morgan fingerprint density at radius 3 is 2.41 bits per heavy atom. The average Bonchev–Trinajstić information content (AvgIpc) is 2.23. The summed E-state index contributed by atoms with van der Waals surface area (Å²) >= 11 is 0. The van der Waals surface area contributed by atoms with Crippen molar-refractivity contribution in [2.24, 2.45) is 11.8 Å². The van der Waals surface area contributed by atoms with E-state index in [4.69, 9.17) is 4.74 Å². The number of nitrogens with one attached hydrogen (secondary N) is 1. The van der Waals surface area contributed by atoms with Crippen molar-refractivity contribution in [3.8, 4) is 0 Å². The lowest BCUT2D eigenvalue weighted by molar-refractivity contribution is 0.00679. The van der Waals surface area contributed by atoms with Gasteiger partial charge in [0.1, 0.15) is 0 Å². The Balaban J connectivity index is 2.34. The zero-order valence-corrected chi connectivity index (χ0v) is 12.5. The molecule has 1 aliphatic carbocycles. The molecular formula is C15H31NO. The van der Waals surface area contributed by atoms with Crippen LogP contribution in [0.4, 0.5) is 0 Å².